The van der Waals surface area contributed by atoms with E-state index in [1.807, 2.05) is 6.92 Å². The van der Waals surface area contributed by atoms with Crippen LogP contribution in [-0.2, 0) is 14.3 Å². The highest BCUT2D eigenvalue weighted by Crippen LogP contribution is 2.12. The monoisotopic (exact) mass is 229 g/mol. The van der Waals surface area contributed by atoms with E-state index in [1.165, 1.54) is 0 Å². The quantitative estimate of drug-likeness (QED) is 0.578. The second-order valence-electron chi connectivity index (χ2n) is 4.97. The molecule has 0 radical (unpaired) electrons. The average Bonchev–Trinajstić information content (AvgIpc) is 2.16. The Morgan fingerprint density at radius 3 is 2.31 bits per heavy atom. The van der Waals surface area contributed by atoms with Crippen LogP contribution in [0, 0.1) is 5.41 Å². The first-order valence-electron chi connectivity index (χ1n) is 5.76. The molecule has 0 aromatic heterocycles. The molecule has 0 aliphatic rings. The Morgan fingerprint density at radius 2 is 1.88 bits per heavy atom. The summed E-state index contributed by atoms with van der Waals surface area (Å²) in [5.74, 6) is -0.515. The number of ether oxygens (including phenoxy) is 1. The van der Waals surface area contributed by atoms with E-state index in [2.05, 4.69) is 5.32 Å². The maximum absolute atomic E-state index is 11.6. The lowest BCUT2D eigenvalue weighted by Gasteiger charge is -2.20. The summed E-state index contributed by atoms with van der Waals surface area (Å²) in [7, 11) is 0. The molecule has 0 spiro atoms. The van der Waals surface area contributed by atoms with Crippen molar-refractivity contribution in [3.05, 3.63) is 0 Å². The van der Waals surface area contributed by atoms with Crippen molar-refractivity contribution in [2.24, 2.45) is 5.41 Å². The predicted octanol–water partition coefficient (Wildman–Crippen LogP) is 1.88. The second-order valence-corrected chi connectivity index (χ2v) is 4.97. The third-order valence-corrected chi connectivity index (χ3v) is 2.12. The minimum Gasteiger partial charge on any atom is -0.464 e. The molecule has 0 rings (SSSR count). The predicted molar refractivity (Wildman–Crippen MR) is 62.9 cm³/mol. The fraction of sp³-hybridized carbons (Fsp3) is 0.833. The molecule has 1 unspecified atom stereocenters. The molecular formula is C12H23NO3. The number of rotatable bonds is 5. The van der Waals surface area contributed by atoms with Crippen LogP contribution in [0.4, 0.5) is 0 Å². The van der Waals surface area contributed by atoms with Crippen LogP contribution in [0.3, 0.4) is 0 Å². The molecule has 0 aliphatic carbocycles. The van der Waals surface area contributed by atoms with Gasteiger partial charge < -0.3 is 10.1 Å². The van der Waals surface area contributed by atoms with E-state index < -0.39 is 11.5 Å². The van der Waals surface area contributed by atoms with E-state index in [1.54, 1.807) is 27.7 Å². The summed E-state index contributed by atoms with van der Waals surface area (Å²) in [5, 5.41) is 2.63. The van der Waals surface area contributed by atoms with Crippen LogP contribution < -0.4 is 5.32 Å². The van der Waals surface area contributed by atoms with E-state index >= 15 is 0 Å². The topological polar surface area (TPSA) is 55.4 Å². The van der Waals surface area contributed by atoms with Crippen molar-refractivity contribution >= 4 is 11.9 Å². The van der Waals surface area contributed by atoms with Gasteiger partial charge in [0.1, 0.15) is 6.04 Å². The number of hydrogen-bond acceptors (Lipinski definition) is 3. The number of esters is 1. The Morgan fingerprint density at radius 1 is 1.31 bits per heavy atom. The van der Waals surface area contributed by atoms with Crippen molar-refractivity contribution in [1.82, 2.24) is 5.32 Å². The molecule has 94 valence electrons. The Balaban J connectivity index is 4.01. The van der Waals surface area contributed by atoms with Crippen LogP contribution in [0.2, 0.25) is 0 Å². The zero-order valence-electron chi connectivity index (χ0n) is 10.9. The zero-order valence-corrected chi connectivity index (χ0v) is 10.9. The number of unbranched alkanes of at least 4 members (excludes halogenated alkanes) is 1. The lowest BCUT2D eigenvalue weighted by molar-refractivity contribution is -0.148. The van der Waals surface area contributed by atoms with Crippen LogP contribution in [-0.4, -0.2) is 24.5 Å². The molecule has 1 atom stereocenters. The van der Waals surface area contributed by atoms with Gasteiger partial charge in [0, 0.05) is 5.41 Å². The van der Waals surface area contributed by atoms with E-state index in [9.17, 15) is 9.59 Å². The number of hydrogen-bond donors (Lipinski definition) is 1. The first kappa shape index (κ1) is 14.9. The largest absolute Gasteiger partial charge is 0.464 e. The van der Waals surface area contributed by atoms with Crippen molar-refractivity contribution < 1.29 is 14.3 Å². The van der Waals surface area contributed by atoms with Crippen molar-refractivity contribution in [3.8, 4) is 0 Å². The molecular weight excluding hydrogens is 206 g/mol. The maximum atomic E-state index is 11.6. The molecule has 1 amide bonds. The second kappa shape index (κ2) is 6.51. The van der Waals surface area contributed by atoms with Crippen LogP contribution in [0.1, 0.15) is 47.5 Å². The van der Waals surface area contributed by atoms with Crippen LogP contribution in [0.25, 0.3) is 0 Å². The van der Waals surface area contributed by atoms with E-state index in [4.69, 9.17) is 4.74 Å². The minimum atomic E-state index is -0.580. The molecule has 4 heteroatoms. The molecule has 4 nitrogen and oxygen atoms in total. The standard InChI is InChI=1S/C12H23NO3/c1-6-7-8-16-10(14)9(2)13-11(15)12(3,4)5/h9H,6-8H2,1-5H3,(H,13,15). The molecule has 0 aromatic rings. The van der Waals surface area contributed by atoms with Gasteiger partial charge >= 0.3 is 5.97 Å². The van der Waals surface area contributed by atoms with Gasteiger partial charge in [-0.25, -0.2) is 4.79 Å². The van der Waals surface area contributed by atoms with Gasteiger partial charge in [0.05, 0.1) is 6.61 Å². The summed E-state index contributed by atoms with van der Waals surface area (Å²) in [5.41, 5.74) is -0.488. The normalized spacial score (nSPS) is 13.1. The molecule has 1 N–H and O–H groups in total. The van der Waals surface area contributed by atoms with Gasteiger partial charge in [-0.1, -0.05) is 34.1 Å². The number of amides is 1. The first-order valence-corrected chi connectivity index (χ1v) is 5.76. The summed E-state index contributed by atoms with van der Waals surface area (Å²) in [6.45, 7) is 9.49. The fourth-order valence-electron chi connectivity index (χ4n) is 0.914. The van der Waals surface area contributed by atoms with Crippen molar-refractivity contribution in [2.75, 3.05) is 6.61 Å². The first-order chi connectivity index (χ1) is 7.29. The minimum absolute atomic E-state index is 0.146. The average molecular weight is 229 g/mol. The summed E-state index contributed by atoms with van der Waals surface area (Å²) >= 11 is 0. The number of carbonyl (C=O) groups is 2. The molecule has 0 saturated carbocycles. The fourth-order valence-corrected chi connectivity index (χ4v) is 0.914. The van der Waals surface area contributed by atoms with E-state index in [0.29, 0.717) is 6.61 Å². The van der Waals surface area contributed by atoms with E-state index in [0.717, 1.165) is 12.8 Å². The molecule has 0 bridgehead atoms. The van der Waals surface area contributed by atoms with Crippen LogP contribution >= 0.6 is 0 Å². The Bertz CT molecular complexity index is 243. The highest BCUT2D eigenvalue weighted by atomic mass is 16.5. The lowest BCUT2D eigenvalue weighted by atomic mass is 9.95. The van der Waals surface area contributed by atoms with Gasteiger partial charge in [-0.2, -0.15) is 0 Å². The third-order valence-electron chi connectivity index (χ3n) is 2.12. The maximum Gasteiger partial charge on any atom is 0.328 e. The van der Waals surface area contributed by atoms with Crippen molar-refractivity contribution in [1.29, 1.82) is 0 Å². The van der Waals surface area contributed by atoms with Gasteiger partial charge in [0.2, 0.25) is 5.91 Å². The van der Waals surface area contributed by atoms with Gasteiger partial charge in [0.15, 0.2) is 0 Å². The molecule has 0 fully saturated rings. The highest BCUT2D eigenvalue weighted by Gasteiger charge is 2.25. The van der Waals surface area contributed by atoms with Gasteiger partial charge in [-0.3, -0.25) is 4.79 Å². The highest BCUT2D eigenvalue weighted by molar-refractivity contribution is 5.87. The van der Waals surface area contributed by atoms with Crippen molar-refractivity contribution in [3.63, 3.8) is 0 Å². The van der Waals surface area contributed by atoms with Crippen LogP contribution in [0.5, 0.6) is 0 Å². The molecule has 16 heavy (non-hydrogen) atoms. The molecule has 0 saturated heterocycles. The van der Waals surface area contributed by atoms with Crippen LogP contribution in [0.15, 0.2) is 0 Å². The summed E-state index contributed by atoms with van der Waals surface area (Å²) in [6.07, 6.45) is 1.84. The zero-order chi connectivity index (χ0) is 12.8. The van der Waals surface area contributed by atoms with Gasteiger partial charge in [-0.05, 0) is 13.3 Å². The third kappa shape index (κ3) is 5.73. The summed E-state index contributed by atoms with van der Waals surface area (Å²) in [4.78, 5) is 23.0. The smallest absolute Gasteiger partial charge is 0.328 e. The van der Waals surface area contributed by atoms with Crippen molar-refractivity contribution in [2.45, 2.75) is 53.5 Å². The SMILES string of the molecule is CCCCOC(=O)C(C)NC(=O)C(C)(C)C. The number of carbonyl (C=O) groups excluding carboxylic acids is 2. The molecule has 0 heterocycles. The lowest BCUT2D eigenvalue weighted by Crippen LogP contribution is -2.44. The van der Waals surface area contributed by atoms with Gasteiger partial charge in [0.25, 0.3) is 0 Å². The molecule has 0 aromatic carbocycles. The number of nitrogens with one attached hydrogen (secondary N) is 1. The summed E-state index contributed by atoms with van der Waals surface area (Å²) < 4.78 is 5.00. The Hall–Kier alpha value is -1.06. The molecule has 0 aliphatic heterocycles. The Kier molecular flexibility index (Phi) is 6.08. The van der Waals surface area contributed by atoms with E-state index in [-0.39, 0.29) is 11.9 Å². The Labute approximate surface area is 97.7 Å². The van der Waals surface area contributed by atoms with Gasteiger partial charge in [-0.15, -0.1) is 0 Å². The summed E-state index contributed by atoms with van der Waals surface area (Å²) in [6, 6.07) is -0.580.